The average Bonchev–Trinajstić information content (AvgIpc) is 2.42. The van der Waals surface area contributed by atoms with Gasteiger partial charge in [-0.15, -0.1) is 11.6 Å². The van der Waals surface area contributed by atoms with E-state index in [1.54, 1.807) is 0 Å². The van der Waals surface area contributed by atoms with Crippen LogP contribution in [0.4, 0.5) is 10.1 Å². The Labute approximate surface area is 121 Å². The molecule has 20 heavy (non-hydrogen) atoms. The number of carbonyl (C=O) groups excluding carboxylic acids is 1. The number of alkyl halides is 1. The van der Waals surface area contributed by atoms with E-state index < -0.39 is 16.6 Å². The molecule has 0 bridgehead atoms. The van der Waals surface area contributed by atoms with Gasteiger partial charge in [0.1, 0.15) is 5.82 Å². The SMILES string of the molecule is CCCCN(CCCl)C(=O)c1ccc([N+](=O)[O-])cc1F. The third-order valence-corrected chi connectivity index (χ3v) is 2.99. The first-order valence-electron chi connectivity index (χ1n) is 6.30. The third kappa shape index (κ3) is 4.16. The van der Waals surface area contributed by atoms with Crippen LogP contribution < -0.4 is 0 Å². The second-order valence-electron chi connectivity index (χ2n) is 4.26. The van der Waals surface area contributed by atoms with Crippen LogP contribution >= 0.6 is 11.6 Å². The van der Waals surface area contributed by atoms with Gasteiger partial charge in [-0.1, -0.05) is 13.3 Å². The Morgan fingerprint density at radius 3 is 2.65 bits per heavy atom. The zero-order valence-electron chi connectivity index (χ0n) is 11.1. The summed E-state index contributed by atoms with van der Waals surface area (Å²) >= 11 is 5.64. The molecule has 0 aliphatic rings. The van der Waals surface area contributed by atoms with Crippen LogP contribution in [0.3, 0.4) is 0 Å². The molecule has 0 radical (unpaired) electrons. The van der Waals surface area contributed by atoms with Gasteiger partial charge in [0, 0.05) is 25.0 Å². The maximum atomic E-state index is 13.8. The van der Waals surface area contributed by atoms with Crippen molar-refractivity contribution in [2.45, 2.75) is 19.8 Å². The van der Waals surface area contributed by atoms with Crippen molar-refractivity contribution in [2.75, 3.05) is 19.0 Å². The van der Waals surface area contributed by atoms with Crippen LogP contribution in [-0.2, 0) is 0 Å². The smallest absolute Gasteiger partial charge is 0.272 e. The number of hydrogen-bond donors (Lipinski definition) is 0. The van der Waals surface area contributed by atoms with Crippen LogP contribution in [0.15, 0.2) is 18.2 Å². The standard InChI is InChI=1S/C13H16ClFN2O3/c1-2-3-7-16(8-6-14)13(18)11-5-4-10(17(19)20)9-12(11)15/h4-5,9H,2-3,6-8H2,1H3. The van der Waals surface area contributed by atoms with Crippen LogP contribution in [0.25, 0.3) is 0 Å². The lowest BCUT2D eigenvalue weighted by Crippen LogP contribution is -2.34. The van der Waals surface area contributed by atoms with Gasteiger partial charge in [-0.3, -0.25) is 14.9 Å². The van der Waals surface area contributed by atoms with Gasteiger partial charge in [0.25, 0.3) is 11.6 Å². The molecule has 0 heterocycles. The minimum Gasteiger partial charge on any atom is -0.337 e. The van der Waals surface area contributed by atoms with E-state index in [0.717, 1.165) is 31.0 Å². The number of nitro benzene ring substituents is 1. The molecule has 110 valence electrons. The fourth-order valence-corrected chi connectivity index (χ4v) is 1.93. The van der Waals surface area contributed by atoms with Crippen molar-refractivity contribution >= 4 is 23.2 Å². The fraction of sp³-hybridized carbons (Fsp3) is 0.462. The number of halogens is 2. The van der Waals surface area contributed by atoms with Gasteiger partial charge in [-0.05, 0) is 12.5 Å². The van der Waals surface area contributed by atoms with Crippen molar-refractivity contribution in [3.63, 3.8) is 0 Å². The molecular weight excluding hydrogens is 287 g/mol. The first-order valence-corrected chi connectivity index (χ1v) is 6.83. The van der Waals surface area contributed by atoms with Crippen LogP contribution in [0.2, 0.25) is 0 Å². The number of non-ortho nitro benzene ring substituents is 1. The number of hydrogen-bond acceptors (Lipinski definition) is 3. The summed E-state index contributed by atoms with van der Waals surface area (Å²) in [6.07, 6.45) is 1.69. The van der Waals surface area contributed by atoms with E-state index in [1.807, 2.05) is 6.92 Å². The normalized spacial score (nSPS) is 10.3. The molecule has 5 nitrogen and oxygen atoms in total. The van der Waals surface area contributed by atoms with Crippen molar-refractivity contribution in [1.29, 1.82) is 0 Å². The molecular formula is C13H16ClFN2O3. The minimum absolute atomic E-state index is 0.170. The molecule has 0 saturated heterocycles. The predicted octanol–water partition coefficient (Wildman–Crippen LogP) is 3.22. The van der Waals surface area contributed by atoms with Crippen LogP contribution in [0.5, 0.6) is 0 Å². The van der Waals surface area contributed by atoms with E-state index in [1.165, 1.54) is 4.90 Å². The summed E-state index contributed by atoms with van der Waals surface area (Å²) in [6, 6.07) is 3.02. The Hall–Kier alpha value is -1.69. The van der Waals surface area contributed by atoms with Gasteiger partial charge in [0.05, 0.1) is 16.6 Å². The summed E-state index contributed by atoms with van der Waals surface area (Å²) < 4.78 is 13.8. The molecule has 0 fully saturated rings. The number of amides is 1. The second-order valence-corrected chi connectivity index (χ2v) is 4.63. The highest BCUT2D eigenvalue weighted by atomic mass is 35.5. The van der Waals surface area contributed by atoms with E-state index in [4.69, 9.17) is 11.6 Å². The zero-order chi connectivity index (χ0) is 15.1. The van der Waals surface area contributed by atoms with Gasteiger partial charge < -0.3 is 4.90 Å². The van der Waals surface area contributed by atoms with E-state index in [9.17, 15) is 19.3 Å². The lowest BCUT2D eigenvalue weighted by molar-refractivity contribution is -0.385. The highest BCUT2D eigenvalue weighted by molar-refractivity contribution is 6.18. The summed E-state index contributed by atoms with van der Waals surface area (Å²) in [4.78, 5) is 23.5. The Morgan fingerprint density at radius 1 is 1.45 bits per heavy atom. The Bertz CT molecular complexity index is 497. The van der Waals surface area contributed by atoms with Crippen molar-refractivity contribution in [1.82, 2.24) is 4.90 Å². The summed E-state index contributed by atoms with van der Waals surface area (Å²) in [6.45, 7) is 2.78. The van der Waals surface area contributed by atoms with E-state index in [-0.39, 0.29) is 17.1 Å². The number of benzene rings is 1. The summed E-state index contributed by atoms with van der Waals surface area (Å²) in [5.74, 6) is -1.13. The molecule has 0 aromatic heterocycles. The molecule has 0 aliphatic heterocycles. The molecule has 0 saturated carbocycles. The molecule has 1 aromatic carbocycles. The second kappa shape index (κ2) is 7.79. The lowest BCUT2D eigenvalue weighted by Gasteiger charge is -2.21. The molecule has 1 aromatic rings. The predicted molar refractivity (Wildman–Crippen MR) is 74.6 cm³/mol. The highest BCUT2D eigenvalue weighted by Gasteiger charge is 2.20. The summed E-state index contributed by atoms with van der Waals surface area (Å²) in [5.41, 5.74) is -0.548. The highest BCUT2D eigenvalue weighted by Crippen LogP contribution is 2.18. The zero-order valence-corrected chi connectivity index (χ0v) is 11.9. The molecule has 0 aliphatic carbocycles. The number of nitro groups is 1. The third-order valence-electron chi connectivity index (χ3n) is 2.82. The topological polar surface area (TPSA) is 63.5 Å². The lowest BCUT2D eigenvalue weighted by atomic mass is 10.1. The van der Waals surface area contributed by atoms with Gasteiger partial charge in [0.2, 0.25) is 0 Å². The van der Waals surface area contributed by atoms with Gasteiger partial charge >= 0.3 is 0 Å². The average molecular weight is 303 g/mol. The van der Waals surface area contributed by atoms with Gasteiger partial charge in [-0.25, -0.2) is 4.39 Å². The van der Waals surface area contributed by atoms with Crippen molar-refractivity contribution in [3.8, 4) is 0 Å². The fourth-order valence-electron chi connectivity index (χ4n) is 1.73. The molecule has 7 heteroatoms. The summed E-state index contributed by atoms with van der Waals surface area (Å²) in [5, 5.41) is 10.5. The number of rotatable bonds is 7. The first-order chi connectivity index (χ1) is 9.51. The largest absolute Gasteiger partial charge is 0.337 e. The number of unbranched alkanes of at least 4 members (excludes halogenated alkanes) is 1. The number of carbonyl (C=O) groups is 1. The van der Waals surface area contributed by atoms with Crippen LogP contribution in [-0.4, -0.2) is 34.7 Å². The van der Waals surface area contributed by atoms with Crippen molar-refractivity contribution in [2.24, 2.45) is 0 Å². The first kappa shape index (κ1) is 16.4. The van der Waals surface area contributed by atoms with Crippen LogP contribution in [0.1, 0.15) is 30.1 Å². The van der Waals surface area contributed by atoms with Crippen molar-refractivity contribution < 1.29 is 14.1 Å². The van der Waals surface area contributed by atoms with Gasteiger partial charge in [0.15, 0.2) is 0 Å². The van der Waals surface area contributed by atoms with Crippen LogP contribution in [0, 0.1) is 15.9 Å². The summed E-state index contributed by atoms with van der Waals surface area (Å²) in [7, 11) is 0. The molecule has 0 N–H and O–H groups in total. The molecule has 0 unspecified atom stereocenters. The van der Waals surface area contributed by atoms with E-state index in [0.29, 0.717) is 13.1 Å². The Kier molecular flexibility index (Phi) is 6.38. The van der Waals surface area contributed by atoms with E-state index >= 15 is 0 Å². The molecule has 0 atom stereocenters. The minimum atomic E-state index is -0.889. The van der Waals surface area contributed by atoms with Crippen molar-refractivity contribution in [3.05, 3.63) is 39.7 Å². The quantitative estimate of drug-likeness (QED) is 0.441. The monoisotopic (exact) mass is 302 g/mol. The maximum Gasteiger partial charge on any atom is 0.272 e. The molecule has 1 amide bonds. The molecule has 1 rings (SSSR count). The number of nitrogens with zero attached hydrogens (tertiary/aromatic N) is 2. The Balaban J connectivity index is 2.96. The molecule has 0 spiro atoms. The van der Waals surface area contributed by atoms with Gasteiger partial charge in [-0.2, -0.15) is 0 Å². The van der Waals surface area contributed by atoms with E-state index in [2.05, 4.69) is 0 Å². The maximum absolute atomic E-state index is 13.8. The Morgan fingerprint density at radius 2 is 2.15 bits per heavy atom.